The maximum Gasteiger partial charge on any atom is 0.296 e. The van der Waals surface area contributed by atoms with Crippen LogP contribution in [-0.4, -0.2) is 29.2 Å². The van der Waals surface area contributed by atoms with Gasteiger partial charge in [-0.3, -0.25) is 20.2 Å². The molecule has 0 radical (unpaired) electrons. The van der Waals surface area contributed by atoms with Crippen molar-refractivity contribution in [1.82, 2.24) is 5.32 Å². The van der Waals surface area contributed by atoms with Gasteiger partial charge in [0.25, 0.3) is 11.6 Å². The summed E-state index contributed by atoms with van der Waals surface area (Å²) in [6.07, 6.45) is -0.106. The summed E-state index contributed by atoms with van der Waals surface area (Å²) in [4.78, 5) is 23.2. The largest absolute Gasteiger partial charge is 0.496 e. The molecule has 2 aromatic rings. The molecule has 0 aliphatic rings. The maximum absolute atomic E-state index is 12.5. The van der Waals surface area contributed by atoms with Crippen molar-refractivity contribution >= 4 is 34.6 Å². The Balaban J connectivity index is 2.15. The fourth-order valence-corrected chi connectivity index (χ4v) is 2.43. The van der Waals surface area contributed by atoms with Crippen molar-refractivity contribution in [2.24, 2.45) is 0 Å². The summed E-state index contributed by atoms with van der Waals surface area (Å²) < 4.78 is 10.6. The van der Waals surface area contributed by atoms with Crippen LogP contribution in [0.3, 0.4) is 0 Å². The lowest BCUT2D eigenvalue weighted by atomic mass is 10.2. The van der Waals surface area contributed by atoms with E-state index in [1.807, 2.05) is 13.8 Å². The molecule has 142 valence electrons. The molecule has 0 spiro atoms. The Hall–Kier alpha value is -3.20. The lowest BCUT2D eigenvalue weighted by Crippen LogP contribution is -2.34. The van der Waals surface area contributed by atoms with Crippen molar-refractivity contribution in [2.45, 2.75) is 20.0 Å². The van der Waals surface area contributed by atoms with Crippen molar-refractivity contribution in [1.29, 1.82) is 0 Å². The number of nitrogens with one attached hydrogen (secondary N) is 2. The standard InChI is InChI=1S/C18H19N3O5S/c1-11(2)26-16-7-5-4-6-13(16)17(22)20-18(27)19-14-9-8-12(25-3)10-15(14)21(23)24/h4-11H,1-3H3,(H2,19,20,22,27). The molecule has 27 heavy (non-hydrogen) atoms. The molecule has 2 aromatic carbocycles. The van der Waals surface area contributed by atoms with Gasteiger partial charge in [0.1, 0.15) is 17.2 Å². The molecule has 0 saturated carbocycles. The van der Waals surface area contributed by atoms with Gasteiger partial charge in [-0.2, -0.15) is 0 Å². The van der Waals surface area contributed by atoms with E-state index in [1.165, 1.54) is 19.2 Å². The first-order valence-electron chi connectivity index (χ1n) is 8.02. The fourth-order valence-electron chi connectivity index (χ4n) is 2.23. The summed E-state index contributed by atoms with van der Waals surface area (Å²) in [6.45, 7) is 3.70. The monoisotopic (exact) mass is 389 g/mol. The van der Waals surface area contributed by atoms with Gasteiger partial charge in [0.2, 0.25) is 0 Å². The molecule has 8 nitrogen and oxygen atoms in total. The normalized spacial score (nSPS) is 10.2. The second-order valence-corrected chi connectivity index (χ2v) is 6.12. The van der Waals surface area contributed by atoms with Crippen LogP contribution in [0.5, 0.6) is 11.5 Å². The quantitative estimate of drug-likeness (QED) is 0.443. The highest BCUT2D eigenvalue weighted by Gasteiger charge is 2.18. The first kappa shape index (κ1) is 20.1. The van der Waals surface area contributed by atoms with Crippen LogP contribution in [0.4, 0.5) is 11.4 Å². The summed E-state index contributed by atoms with van der Waals surface area (Å²) in [5.41, 5.74) is 0.215. The minimum Gasteiger partial charge on any atom is -0.496 e. The van der Waals surface area contributed by atoms with Crippen LogP contribution in [0.2, 0.25) is 0 Å². The number of nitro benzene ring substituents is 1. The van der Waals surface area contributed by atoms with Gasteiger partial charge < -0.3 is 14.8 Å². The van der Waals surface area contributed by atoms with Gasteiger partial charge in [0, 0.05) is 0 Å². The predicted molar refractivity (Wildman–Crippen MR) is 106 cm³/mol. The van der Waals surface area contributed by atoms with Crippen molar-refractivity contribution < 1.29 is 19.2 Å². The molecular formula is C18H19N3O5S. The number of nitrogens with zero attached hydrogens (tertiary/aromatic N) is 1. The second-order valence-electron chi connectivity index (χ2n) is 5.71. The highest BCUT2D eigenvalue weighted by atomic mass is 32.1. The van der Waals surface area contributed by atoms with Crippen LogP contribution in [0.1, 0.15) is 24.2 Å². The van der Waals surface area contributed by atoms with E-state index < -0.39 is 10.8 Å². The first-order chi connectivity index (χ1) is 12.8. The number of amides is 1. The van der Waals surface area contributed by atoms with E-state index in [-0.39, 0.29) is 22.6 Å². The van der Waals surface area contributed by atoms with E-state index in [2.05, 4.69) is 10.6 Å². The summed E-state index contributed by atoms with van der Waals surface area (Å²) in [7, 11) is 1.41. The summed E-state index contributed by atoms with van der Waals surface area (Å²) >= 11 is 5.11. The molecule has 0 bridgehead atoms. The van der Waals surface area contributed by atoms with E-state index in [0.717, 1.165) is 0 Å². The Kier molecular flexibility index (Phi) is 6.67. The molecule has 0 unspecified atom stereocenters. The maximum atomic E-state index is 12.5. The molecule has 0 fully saturated rings. The average Bonchev–Trinajstić information content (AvgIpc) is 2.61. The lowest BCUT2D eigenvalue weighted by Gasteiger charge is -2.15. The van der Waals surface area contributed by atoms with Gasteiger partial charge in [0.05, 0.1) is 29.8 Å². The Morgan fingerprint density at radius 1 is 1.22 bits per heavy atom. The molecule has 0 heterocycles. The van der Waals surface area contributed by atoms with E-state index in [0.29, 0.717) is 17.1 Å². The molecule has 2 rings (SSSR count). The van der Waals surface area contributed by atoms with Crippen LogP contribution in [-0.2, 0) is 0 Å². The van der Waals surface area contributed by atoms with Crippen LogP contribution < -0.4 is 20.1 Å². The first-order valence-corrected chi connectivity index (χ1v) is 8.43. The Morgan fingerprint density at radius 2 is 1.93 bits per heavy atom. The van der Waals surface area contributed by atoms with Gasteiger partial charge >= 0.3 is 0 Å². The molecule has 9 heteroatoms. The Labute approximate surface area is 161 Å². The third-order valence-corrected chi connectivity index (χ3v) is 3.58. The summed E-state index contributed by atoms with van der Waals surface area (Å²) in [5, 5.41) is 16.3. The Bertz CT molecular complexity index is 870. The zero-order valence-electron chi connectivity index (χ0n) is 15.0. The number of thiocarbonyl (C=S) groups is 1. The SMILES string of the molecule is COc1ccc(NC(=S)NC(=O)c2ccccc2OC(C)C)c([N+](=O)[O-])c1. The topological polar surface area (TPSA) is 103 Å². The molecule has 0 aliphatic heterocycles. The minimum atomic E-state index is -0.568. The third kappa shape index (κ3) is 5.38. The number of para-hydroxylation sites is 1. The third-order valence-electron chi connectivity index (χ3n) is 3.37. The number of benzene rings is 2. The van der Waals surface area contributed by atoms with Crippen molar-refractivity contribution in [3.8, 4) is 11.5 Å². The number of ether oxygens (including phenoxy) is 2. The fraction of sp³-hybridized carbons (Fsp3) is 0.222. The van der Waals surface area contributed by atoms with Crippen LogP contribution in [0.25, 0.3) is 0 Å². The number of methoxy groups -OCH3 is 1. The van der Waals surface area contributed by atoms with Gasteiger partial charge in [-0.05, 0) is 50.3 Å². The van der Waals surface area contributed by atoms with Crippen LogP contribution in [0, 0.1) is 10.1 Å². The molecular weight excluding hydrogens is 370 g/mol. The number of hydrogen-bond acceptors (Lipinski definition) is 6. The zero-order chi connectivity index (χ0) is 20.0. The van der Waals surface area contributed by atoms with E-state index in [9.17, 15) is 14.9 Å². The number of nitro groups is 1. The number of anilines is 1. The molecule has 0 saturated heterocycles. The number of hydrogen-bond donors (Lipinski definition) is 2. The van der Waals surface area contributed by atoms with Crippen molar-refractivity contribution in [2.75, 3.05) is 12.4 Å². The second kappa shape index (κ2) is 8.95. The highest BCUT2D eigenvalue weighted by Crippen LogP contribution is 2.29. The highest BCUT2D eigenvalue weighted by molar-refractivity contribution is 7.80. The Morgan fingerprint density at radius 3 is 2.56 bits per heavy atom. The molecule has 2 N–H and O–H groups in total. The molecule has 1 amide bonds. The summed E-state index contributed by atoms with van der Waals surface area (Å²) in [6, 6.07) is 11.0. The minimum absolute atomic E-state index is 0.0763. The van der Waals surface area contributed by atoms with E-state index in [1.54, 1.807) is 30.3 Å². The number of rotatable bonds is 6. The van der Waals surface area contributed by atoms with Crippen LogP contribution in [0.15, 0.2) is 42.5 Å². The van der Waals surface area contributed by atoms with Gasteiger partial charge in [-0.15, -0.1) is 0 Å². The van der Waals surface area contributed by atoms with Crippen molar-refractivity contribution in [3.05, 3.63) is 58.1 Å². The number of carbonyl (C=O) groups excluding carboxylic acids is 1. The smallest absolute Gasteiger partial charge is 0.296 e. The molecule has 0 aromatic heterocycles. The predicted octanol–water partition coefficient (Wildman–Crippen LogP) is 3.52. The molecule has 0 aliphatic carbocycles. The van der Waals surface area contributed by atoms with E-state index in [4.69, 9.17) is 21.7 Å². The number of carbonyl (C=O) groups is 1. The summed E-state index contributed by atoms with van der Waals surface area (Å²) in [5.74, 6) is 0.269. The lowest BCUT2D eigenvalue weighted by molar-refractivity contribution is -0.384. The average molecular weight is 389 g/mol. The van der Waals surface area contributed by atoms with E-state index >= 15 is 0 Å². The van der Waals surface area contributed by atoms with Crippen molar-refractivity contribution in [3.63, 3.8) is 0 Å². The van der Waals surface area contributed by atoms with Crippen LogP contribution >= 0.6 is 12.2 Å². The van der Waals surface area contributed by atoms with Gasteiger partial charge in [0.15, 0.2) is 5.11 Å². The zero-order valence-corrected chi connectivity index (χ0v) is 15.8. The van der Waals surface area contributed by atoms with Gasteiger partial charge in [-0.25, -0.2) is 0 Å². The van der Waals surface area contributed by atoms with Gasteiger partial charge in [-0.1, -0.05) is 12.1 Å². The molecule has 0 atom stereocenters.